The van der Waals surface area contributed by atoms with E-state index in [-0.39, 0.29) is 31.4 Å². The maximum atomic E-state index is 12.8. The number of aliphatic carboxylic acids is 1. The van der Waals surface area contributed by atoms with Crippen molar-refractivity contribution in [2.45, 2.75) is 24.7 Å². The molecule has 2 atom stereocenters. The van der Waals surface area contributed by atoms with Gasteiger partial charge in [0.1, 0.15) is 0 Å². The standard InChI is InChI=1S/C18H24N2O6S/c21-17(19-9-10-26-16(12-19)18(22)23)15-7-4-8-20(11-15)27(24,25)13-14-5-2-1-3-6-14/h1-3,5-6,15-16H,4,7-13H2,(H,22,23). The van der Waals surface area contributed by atoms with Gasteiger partial charge in [-0.2, -0.15) is 0 Å². The van der Waals surface area contributed by atoms with E-state index in [1.54, 1.807) is 24.3 Å². The average molecular weight is 396 g/mol. The lowest BCUT2D eigenvalue weighted by molar-refractivity contribution is -0.160. The van der Waals surface area contributed by atoms with E-state index in [4.69, 9.17) is 9.84 Å². The van der Waals surface area contributed by atoms with Crippen LogP contribution in [-0.2, 0) is 30.1 Å². The number of sulfonamides is 1. The number of carbonyl (C=O) groups excluding carboxylic acids is 1. The number of ether oxygens (including phenoxy) is 1. The van der Waals surface area contributed by atoms with Crippen molar-refractivity contribution in [3.05, 3.63) is 35.9 Å². The van der Waals surface area contributed by atoms with Crippen molar-refractivity contribution in [2.75, 3.05) is 32.8 Å². The molecule has 2 fully saturated rings. The molecule has 3 rings (SSSR count). The van der Waals surface area contributed by atoms with Gasteiger partial charge >= 0.3 is 5.97 Å². The first kappa shape index (κ1) is 19.8. The summed E-state index contributed by atoms with van der Waals surface area (Å²) in [5.74, 6) is -1.82. The van der Waals surface area contributed by atoms with Gasteiger partial charge in [0.2, 0.25) is 15.9 Å². The smallest absolute Gasteiger partial charge is 0.334 e. The predicted molar refractivity (Wildman–Crippen MR) is 97.3 cm³/mol. The molecule has 0 bridgehead atoms. The van der Waals surface area contributed by atoms with Gasteiger partial charge in [-0.05, 0) is 18.4 Å². The van der Waals surface area contributed by atoms with E-state index in [0.29, 0.717) is 31.5 Å². The number of morpholine rings is 1. The van der Waals surface area contributed by atoms with Crippen LogP contribution in [0.2, 0.25) is 0 Å². The number of carbonyl (C=O) groups is 2. The van der Waals surface area contributed by atoms with Crippen LogP contribution in [0.4, 0.5) is 0 Å². The Morgan fingerprint density at radius 1 is 1.15 bits per heavy atom. The quantitative estimate of drug-likeness (QED) is 0.779. The Morgan fingerprint density at radius 2 is 1.89 bits per heavy atom. The molecule has 0 aliphatic carbocycles. The molecular weight excluding hydrogens is 372 g/mol. The Kier molecular flexibility index (Phi) is 6.13. The molecule has 1 aromatic rings. The van der Waals surface area contributed by atoms with Gasteiger partial charge in [-0.15, -0.1) is 0 Å². The zero-order chi connectivity index (χ0) is 19.4. The van der Waals surface area contributed by atoms with Crippen LogP contribution in [-0.4, -0.2) is 73.5 Å². The minimum atomic E-state index is -3.51. The number of carboxylic acid groups (broad SMARTS) is 1. The molecule has 1 N–H and O–H groups in total. The minimum absolute atomic E-state index is 0.00142. The highest BCUT2D eigenvalue weighted by Gasteiger charge is 2.37. The van der Waals surface area contributed by atoms with Crippen molar-refractivity contribution in [2.24, 2.45) is 5.92 Å². The molecule has 0 aromatic heterocycles. The number of benzene rings is 1. The van der Waals surface area contributed by atoms with Crippen LogP contribution in [0, 0.1) is 5.92 Å². The van der Waals surface area contributed by atoms with Gasteiger partial charge in [-0.1, -0.05) is 30.3 Å². The molecule has 2 aliphatic rings. The fourth-order valence-electron chi connectivity index (χ4n) is 3.53. The fraction of sp³-hybridized carbons (Fsp3) is 0.556. The van der Waals surface area contributed by atoms with Crippen molar-refractivity contribution in [3.63, 3.8) is 0 Å². The molecule has 8 nitrogen and oxygen atoms in total. The topological polar surface area (TPSA) is 104 Å². The molecule has 27 heavy (non-hydrogen) atoms. The van der Waals surface area contributed by atoms with Gasteiger partial charge in [-0.25, -0.2) is 17.5 Å². The van der Waals surface area contributed by atoms with Crippen LogP contribution in [0.1, 0.15) is 18.4 Å². The second kappa shape index (κ2) is 8.37. The van der Waals surface area contributed by atoms with Crippen LogP contribution in [0.25, 0.3) is 0 Å². The number of amides is 1. The minimum Gasteiger partial charge on any atom is -0.479 e. The summed E-state index contributed by atoms with van der Waals surface area (Å²) in [6.07, 6.45) is 0.187. The van der Waals surface area contributed by atoms with Crippen LogP contribution in [0.5, 0.6) is 0 Å². The molecule has 2 unspecified atom stereocenters. The zero-order valence-corrected chi connectivity index (χ0v) is 15.8. The molecule has 2 heterocycles. The lowest BCUT2D eigenvalue weighted by atomic mass is 9.97. The van der Waals surface area contributed by atoms with Gasteiger partial charge in [0.15, 0.2) is 6.10 Å². The summed E-state index contributed by atoms with van der Waals surface area (Å²) < 4.78 is 32.0. The van der Waals surface area contributed by atoms with Gasteiger partial charge in [0, 0.05) is 19.6 Å². The number of carboxylic acids is 1. The molecule has 1 amide bonds. The average Bonchev–Trinajstić information content (AvgIpc) is 2.68. The van der Waals surface area contributed by atoms with Crippen molar-refractivity contribution >= 4 is 21.9 Å². The second-order valence-corrected chi connectivity index (χ2v) is 8.89. The molecule has 0 spiro atoms. The third-order valence-electron chi connectivity index (χ3n) is 4.97. The van der Waals surface area contributed by atoms with Crippen LogP contribution in [0.3, 0.4) is 0 Å². The lowest BCUT2D eigenvalue weighted by Gasteiger charge is -2.37. The van der Waals surface area contributed by atoms with Crippen LogP contribution < -0.4 is 0 Å². The maximum absolute atomic E-state index is 12.8. The first-order chi connectivity index (χ1) is 12.9. The zero-order valence-electron chi connectivity index (χ0n) is 15.0. The number of rotatable bonds is 5. The Morgan fingerprint density at radius 3 is 2.59 bits per heavy atom. The van der Waals surface area contributed by atoms with Crippen molar-refractivity contribution in [3.8, 4) is 0 Å². The third-order valence-corrected chi connectivity index (χ3v) is 6.79. The summed E-state index contributed by atoms with van der Waals surface area (Å²) in [4.78, 5) is 25.4. The van der Waals surface area contributed by atoms with E-state index in [1.165, 1.54) is 9.21 Å². The van der Waals surface area contributed by atoms with Crippen LogP contribution in [0.15, 0.2) is 30.3 Å². The number of hydrogen-bond donors (Lipinski definition) is 1. The van der Waals surface area contributed by atoms with E-state index >= 15 is 0 Å². The summed E-state index contributed by atoms with van der Waals surface area (Å²) in [5.41, 5.74) is 0.712. The highest BCUT2D eigenvalue weighted by molar-refractivity contribution is 7.88. The fourth-order valence-corrected chi connectivity index (χ4v) is 5.14. The largest absolute Gasteiger partial charge is 0.479 e. The number of nitrogens with zero attached hydrogens (tertiary/aromatic N) is 2. The van der Waals surface area contributed by atoms with E-state index in [2.05, 4.69) is 0 Å². The summed E-state index contributed by atoms with van der Waals surface area (Å²) >= 11 is 0. The van der Waals surface area contributed by atoms with Crippen LogP contribution >= 0.6 is 0 Å². The van der Waals surface area contributed by atoms with Gasteiger partial charge in [0.25, 0.3) is 0 Å². The van der Waals surface area contributed by atoms with E-state index < -0.39 is 28.0 Å². The first-order valence-corrected chi connectivity index (χ1v) is 10.6. The number of hydrogen-bond acceptors (Lipinski definition) is 5. The Labute approximate surface area is 158 Å². The molecule has 2 aliphatic heterocycles. The van der Waals surface area contributed by atoms with E-state index in [1.807, 2.05) is 6.07 Å². The molecular formula is C18H24N2O6S. The van der Waals surface area contributed by atoms with Gasteiger partial charge < -0.3 is 14.7 Å². The first-order valence-electron chi connectivity index (χ1n) is 9.02. The molecule has 1 aromatic carbocycles. The molecule has 148 valence electrons. The lowest BCUT2D eigenvalue weighted by Crippen LogP contribution is -2.53. The highest BCUT2D eigenvalue weighted by atomic mass is 32.2. The normalized spacial score (nSPS) is 24.5. The van der Waals surface area contributed by atoms with Gasteiger partial charge in [0.05, 0.1) is 24.8 Å². The Hall–Kier alpha value is -1.97. The number of piperidine rings is 1. The maximum Gasteiger partial charge on any atom is 0.334 e. The third kappa shape index (κ3) is 4.85. The molecule has 0 saturated carbocycles. The second-order valence-electron chi connectivity index (χ2n) is 6.92. The summed E-state index contributed by atoms with van der Waals surface area (Å²) in [6.45, 7) is 1.05. The molecule has 9 heteroatoms. The Bertz CT molecular complexity index is 782. The summed E-state index contributed by atoms with van der Waals surface area (Å²) in [7, 11) is -3.51. The van der Waals surface area contributed by atoms with E-state index in [0.717, 1.165) is 0 Å². The molecule has 2 saturated heterocycles. The van der Waals surface area contributed by atoms with Gasteiger partial charge in [-0.3, -0.25) is 4.79 Å². The summed E-state index contributed by atoms with van der Waals surface area (Å²) in [6, 6.07) is 8.96. The highest BCUT2D eigenvalue weighted by Crippen LogP contribution is 2.24. The SMILES string of the molecule is O=C(O)C1CN(C(=O)C2CCCN(S(=O)(=O)Cc3ccccc3)C2)CCO1. The summed E-state index contributed by atoms with van der Waals surface area (Å²) in [5, 5.41) is 9.09. The predicted octanol–water partition coefficient (Wildman–Crippen LogP) is 0.540. The molecule has 0 radical (unpaired) electrons. The monoisotopic (exact) mass is 396 g/mol. The van der Waals surface area contributed by atoms with Crippen molar-refractivity contribution in [1.82, 2.24) is 9.21 Å². The van der Waals surface area contributed by atoms with E-state index in [9.17, 15) is 18.0 Å². The van der Waals surface area contributed by atoms with Crippen molar-refractivity contribution in [1.29, 1.82) is 0 Å². The van der Waals surface area contributed by atoms with Crippen molar-refractivity contribution < 1.29 is 27.9 Å². The Balaban J connectivity index is 1.65.